The molecule has 1 heterocycles. The maximum atomic E-state index is 13.0. The van der Waals surface area contributed by atoms with E-state index in [1.807, 2.05) is 0 Å². The summed E-state index contributed by atoms with van der Waals surface area (Å²) in [5.74, 6) is -2.36. The van der Waals surface area contributed by atoms with Crippen molar-refractivity contribution < 1.29 is 50.5 Å². The van der Waals surface area contributed by atoms with E-state index in [-0.39, 0.29) is 17.8 Å². The van der Waals surface area contributed by atoms with Gasteiger partial charge in [-0.15, -0.1) is 0 Å². The van der Waals surface area contributed by atoms with Crippen LogP contribution >= 0.6 is 0 Å². The van der Waals surface area contributed by atoms with Crippen molar-refractivity contribution in [2.24, 2.45) is 23.2 Å². The lowest BCUT2D eigenvalue weighted by atomic mass is 9.75. The van der Waals surface area contributed by atoms with Crippen LogP contribution in [0.5, 0.6) is 0 Å². The van der Waals surface area contributed by atoms with Crippen LogP contribution in [0.2, 0.25) is 0 Å². The van der Waals surface area contributed by atoms with Crippen molar-refractivity contribution in [1.29, 1.82) is 0 Å². The predicted octanol–water partition coefficient (Wildman–Crippen LogP) is 3.14. The maximum Gasteiger partial charge on any atom is 0.426 e. The molecule has 0 aromatic heterocycles. The van der Waals surface area contributed by atoms with Crippen molar-refractivity contribution in [3.63, 3.8) is 0 Å². The highest BCUT2D eigenvalue weighted by Crippen LogP contribution is 2.56. The summed E-state index contributed by atoms with van der Waals surface area (Å²) in [6, 6.07) is 0. The van der Waals surface area contributed by atoms with Crippen LogP contribution in [0.1, 0.15) is 39.5 Å². The van der Waals surface area contributed by atoms with Gasteiger partial charge < -0.3 is 14.6 Å². The number of carbonyl (C=O) groups excluding carboxylic acids is 2. The summed E-state index contributed by atoms with van der Waals surface area (Å²) < 4.78 is 88.7. The molecular weight excluding hydrogens is 398 g/mol. The van der Waals surface area contributed by atoms with Gasteiger partial charge in [0, 0.05) is 18.3 Å². The first-order valence-electron chi connectivity index (χ1n) is 8.92. The average Bonchev–Trinajstić information content (AvgIpc) is 3.17. The third-order valence-electron chi connectivity index (χ3n) is 6.51. The Bertz CT molecular complexity index is 660. The van der Waals surface area contributed by atoms with E-state index in [9.17, 15) is 41.0 Å². The van der Waals surface area contributed by atoms with E-state index in [2.05, 4.69) is 0 Å². The highest BCUT2D eigenvalue weighted by Gasteiger charge is 2.72. The number of aliphatic hydroxyl groups is 1. The van der Waals surface area contributed by atoms with E-state index in [1.165, 1.54) is 6.92 Å². The average molecular weight is 418 g/mol. The molecule has 1 N–H and O–H groups in total. The zero-order valence-electron chi connectivity index (χ0n) is 15.1. The molecule has 0 aromatic rings. The Hall–Kier alpha value is -1.52. The molecule has 6 atom stereocenters. The van der Waals surface area contributed by atoms with Crippen LogP contribution in [0.3, 0.4) is 0 Å². The summed E-state index contributed by atoms with van der Waals surface area (Å²) in [7, 11) is 0. The Morgan fingerprint density at radius 2 is 1.75 bits per heavy atom. The number of rotatable bonds is 5. The Morgan fingerprint density at radius 3 is 2.25 bits per heavy atom. The van der Waals surface area contributed by atoms with Crippen molar-refractivity contribution >= 4 is 11.9 Å². The summed E-state index contributed by atoms with van der Waals surface area (Å²) in [4.78, 5) is 24.3. The summed E-state index contributed by atoms with van der Waals surface area (Å²) in [5.41, 5.74) is -7.30. The zero-order valence-corrected chi connectivity index (χ0v) is 15.1. The third kappa shape index (κ3) is 2.96. The highest BCUT2D eigenvalue weighted by atomic mass is 19.4. The molecule has 160 valence electrons. The second-order valence-electron chi connectivity index (χ2n) is 8.22. The minimum absolute atomic E-state index is 0.148. The molecule has 11 heteroatoms. The van der Waals surface area contributed by atoms with E-state index >= 15 is 0 Å². The number of halogens is 6. The van der Waals surface area contributed by atoms with Gasteiger partial charge in [-0.1, -0.05) is 6.92 Å². The van der Waals surface area contributed by atoms with E-state index in [1.54, 1.807) is 0 Å². The number of ether oxygens (including phenoxy) is 2. The summed E-state index contributed by atoms with van der Waals surface area (Å²) in [6.45, 7) is 2.13. The zero-order chi connectivity index (χ0) is 21.3. The second kappa shape index (κ2) is 6.24. The number of fused-ring (bicyclic) bond motifs is 1. The Labute approximate surface area is 156 Å². The predicted molar refractivity (Wildman–Crippen MR) is 79.5 cm³/mol. The number of hydrogen-bond donors (Lipinski definition) is 1. The largest absolute Gasteiger partial charge is 0.458 e. The van der Waals surface area contributed by atoms with Gasteiger partial charge in [0.2, 0.25) is 0 Å². The van der Waals surface area contributed by atoms with Gasteiger partial charge in [0.05, 0.1) is 11.3 Å². The normalized spacial score (nSPS) is 34.3. The van der Waals surface area contributed by atoms with E-state index in [0.717, 1.165) is 6.92 Å². The van der Waals surface area contributed by atoms with Crippen molar-refractivity contribution in [1.82, 2.24) is 0 Å². The minimum atomic E-state index is -6.03. The topological polar surface area (TPSA) is 72.8 Å². The smallest absolute Gasteiger partial charge is 0.426 e. The first kappa shape index (κ1) is 21.2. The van der Waals surface area contributed by atoms with Crippen LogP contribution in [0.25, 0.3) is 0 Å². The van der Waals surface area contributed by atoms with Gasteiger partial charge in [0.15, 0.2) is 0 Å². The van der Waals surface area contributed by atoms with Crippen LogP contribution in [0.4, 0.5) is 26.3 Å². The lowest BCUT2D eigenvalue weighted by Crippen LogP contribution is -2.60. The first-order chi connectivity index (χ1) is 12.6. The molecule has 0 spiro atoms. The number of alkyl halides is 6. The fraction of sp³-hybridized carbons (Fsp3) is 0.882. The van der Waals surface area contributed by atoms with Crippen LogP contribution in [0, 0.1) is 23.2 Å². The molecule has 28 heavy (non-hydrogen) atoms. The minimum Gasteiger partial charge on any atom is -0.458 e. The molecule has 3 rings (SSSR count). The van der Waals surface area contributed by atoms with Gasteiger partial charge >= 0.3 is 24.3 Å². The summed E-state index contributed by atoms with van der Waals surface area (Å²) in [6.07, 6.45) is -15.0. The van der Waals surface area contributed by atoms with Gasteiger partial charge in [-0.25, -0.2) is 0 Å². The Kier molecular flexibility index (Phi) is 4.72. The number of carbonyl (C=O) groups is 2. The fourth-order valence-electron chi connectivity index (χ4n) is 4.60. The van der Waals surface area contributed by atoms with Gasteiger partial charge in [0.25, 0.3) is 5.60 Å². The number of hydrogen-bond acceptors (Lipinski definition) is 5. The third-order valence-corrected chi connectivity index (χ3v) is 6.51. The molecule has 2 aliphatic carbocycles. The molecule has 1 aliphatic heterocycles. The molecule has 5 nitrogen and oxygen atoms in total. The fourth-order valence-corrected chi connectivity index (χ4v) is 4.60. The molecule has 6 unspecified atom stereocenters. The van der Waals surface area contributed by atoms with Crippen molar-refractivity contribution in [3.8, 4) is 0 Å². The molecule has 2 saturated carbocycles. The highest BCUT2D eigenvalue weighted by molar-refractivity contribution is 5.78. The molecule has 0 radical (unpaired) electrons. The Morgan fingerprint density at radius 1 is 1.18 bits per heavy atom. The van der Waals surface area contributed by atoms with Crippen molar-refractivity contribution in [3.05, 3.63) is 0 Å². The first-order valence-corrected chi connectivity index (χ1v) is 8.92. The second-order valence-corrected chi connectivity index (χ2v) is 8.22. The molecule has 1 saturated heterocycles. The quantitative estimate of drug-likeness (QED) is 0.549. The lowest BCUT2D eigenvalue weighted by Gasteiger charge is -2.39. The standard InChI is InChI=1S/C17H20F6O5/c1-3-14(2,6-15(26,16(18,19)20)17(21,22)23)13(25)28-10-7-4-8-9(5-7)12(24)27-11(8)10/h7-11,26H,3-6H2,1-2H3. The van der Waals surface area contributed by atoms with Gasteiger partial charge in [-0.3, -0.25) is 9.59 Å². The van der Waals surface area contributed by atoms with Crippen LogP contribution in [-0.4, -0.2) is 47.2 Å². The molecule has 0 aromatic carbocycles. The maximum absolute atomic E-state index is 13.0. The van der Waals surface area contributed by atoms with Crippen LogP contribution in [-0.2, 0) is 19.1 Å². The molecule has 3 fully saturated rings. The van der Waals surface area contributed by atoms with Crippen LogP contribution in [0.15, 0.2) is 0 Å². The van der Waals surface area contributed by atoms with E-state index in [0.29, 0.717) is 12.8 Å². The van der Waals surface area contributed by atoms with Gasteiger partial charge in [0.1, 0.15) is 12.2 Å². The SMILES string of the molecule is CCC(C)(CC(O)(C(F)(F)F)C(F)(F)F)C(=O)OC1C2CC3C(=O)OC1C3C2. The van der Waals surface area contributed by atoms with Gasteiger partial charge in [-0.05, 0) is 26.2 Å². The van der Waals surface area contributed by atoms with E-state index < -0.39 is 60.4 Å². The molecule has 0 amide bonds. The van der Waals surface area contributed by atoms with Gasteiger partial charge in [-0.2, -0.15) is 26.3 Å². The van der Waals surface area contributed by atoms with Crippen molar-refractivity contribution in [2.75, 3.05) is 0 Å². The summed E-state index contributed by atoms with van der Waals surface area (Å²) >= 11 is 0. The molecule has 3 aliphatic rings. The Balaban J connectivity index is 1.80. The van der Waals surface area contributed by atoms with E-state index in [4.69, 9.17) is 9.47 Å². The van der Waals surface area contributed by atoms with Crippen LogP contribution < -0.4 is 0 Å². The number of esters is 2. The molecular formula is C17H20F6O5. The summed E-state index contributed by atoms with van der Waals surface area (Å²) in [5, 5.41) is 9.48. The van der Waals surface area contributed by atoms with Crippen molar-refractivity contribution in [2.45, 2.75) is 69.7 Å². The lowest BCUT2D eigenvalue weighted by molar-refractivity contribution is -0.375. The monoisotopic (exact) mass is 418 g/mol. The molecule has 2 bridgehead atoms.